The van der Waals surface area contributed by atoms with Crippen molar-refractivity contribution in [2.24, 2.45) is 0 Å². The monoisotopic (exact) mass is 466 g/mol. The molecule has 3 nitrogen and oxygen atoms in total. The Balaban J connectivity index is 0.000000509. The van der Waals surface area contributed by atoms with Crippen molar-refractivity contribution in [2.45, 2.75) is 96.8 Å². The van der Waals surface area contributed by atoms with Gasteiger partial charge in [-0.3, -0.25) is 0 Å². The van der Waals surface area contributed by atoms with Crippen LogP contribution in [0.5, 0.6) is 0 Å². The average molecular weight is 467 g/mol. The number of hydrogen-bond donors (Lipinski definition) is 0. The van der Waals surface area contributed by atoms with Crippen molar-refractivity contribution in [1.29, 1.82) is 0 Å². The van der Waals surface area contributed by atoms with E-state index in [1.165, 1.54) is 62.5 Å². The topological polar surface area (TPSA) is 35.5 Å². The van der Waals surface area contributed by atoms with E-state index in [0.717, 1.165) is 43.8 Å². The van der Waals surface area contributed by atoms with Crippen molar-refractivity contribution >= 4 is 5.97 Å². The third kappa shape index (κ3) is 10.4. The molecule has 1 fully saturated rings. The highest BCUT2D eigenvalue weighted by atomic mass is 16.5. The van der Waals surface area contributed by atoms with Crippen LogP contribution in [0.15, 0.2) is 48.5 Å². The molecule has 0 spiro atoms. The van der Waals surface area contributed by atoms with Crippen molar-refractivity contribution in [3.05, 3.63) is 59.7 Å². The summed E-state index contributed by atoms with van der Waals surface area (Å²) in [7, 11) is 1.72. The fraction of sp³-hybridized carbons (Fsp3) is 0.581. The predicted molar refractivity (Wildman–Crippen MR) is 144 cm³/mol. The van der Waals surface area contributed by atoms with Crippen LogP contribution in [0, 0.1) is 0 Å². The van der Waals surface area contributed by atoms with Gasteiger partial charge in [0.05, 0.1) is 12.2 Å². The second kappa shape index (κ2) is 17.3. The summed E-state index contributed by atoms with van der Waals surface area (Å²) >= 11 is 0. The lowest BCUT2D eigenvalue weighted by Gasteiger charge is -2.25. The lowest BCUT2D eigenvalue weighted by Crippen LogP contribution is -2.08. The molecule has 1 saturated carbocycles. The third-order valence-corrected chi connectivity index (χ3v) is 6.62. The summed E-state index contributed by atoms with van der Waals surface area (Å²) in [5, 5.41) is 0. The van der Waals surface area contributed by atoms with Crippen molar-refractivity contribution < 1.29 is 14.3 Å². The maximum Gasteiger partial charge on any atom is 0.338 e. The van der Waals surface area contributed by atoms with Crippen LogP contribution >= 0.6 is 0 Å². The minimum Gasteiger partial charge on any atom is -0.462 e. The molecule has 0 amide bonds. The molecule has 34 heavy (non-hydrogen) atoms. The van der Waals surface area contributed by atoms with E-state index < -0.39 is 0 Å². The summed E-state index contributed by atoms with van der Waals surface area (Å²) in [6.45, 7) is 5.77. The highest BCUT2D eigenvalue weighted by molar-refractivity contribution is 5.90. The normalized spacial score (nSPS) is 13.0. The van der Waals surface area contributed by atoms with Gasteiger partial charge in [0.2, 0.25) is 0 Å². The summed E-state index contributed by atoms with van der Waals surface area (Å²) in [5.41, 5.74) is 4.38. The second-order valence-electron chi connectivity index (χ2n) is 9.43. The maximum atomic E-state index is 12.1. The Morgan fingerprint density at radius 2 is 1.26 bits per heavy atom. The standard InChI is InChI=1S/C24H30O3.C7H16/c1-26-17-4-2-3-5-18-27-24(25)23-15-13-22(14-16-23)21-11-9-20(10-12-21)19-7-6-8-19;1-3-5-7-6-4-2/h9-16,19H,2-8,17-18H2,1H3;3-7H2,1-2H3. The van der Waals surface area contributed by atoms with E-state index in [2.05, 4.69) is 38.1 Å². The van der Waals surface area contributed by atoms with Crippen LogP contribution in [0.25, 0.3) is 11.1 Å². The fourth-order valence-electron chi connectivity index (χ4n) is 4.12. The Hall–Kier alpha value is -2.13. The zero-order chi connectivity index (χ0) is 24.4. The van der Waals surface area contributed by atoms with Gasteiger partial charge < -0.3 is 9.47 Å². The first-order chi connectivity index (χ1) is 16.7. The van der Waals surface area contributed by atoms with Crippen LogP contribution in [0.3, 0.4) is 0 Å². The quantitative estimate of drug-likeness (QED) is 0.206. The smallest absolute Gasteiger partial charge is 0.338 e. The minimum atomic E-state index is -0.237. The molecule has 188 valence electrons. The van der Waals surface area contributed by atoms with Gasteiger partial charge in [0.1, 0.15) is 0 Å². The second-order valence-corrected chi connectivity index (χ2v) is 9.43. The molecule has 1 aliphatic carbocycles. The maximum absolute atomic E-state index is 12.1. The summed E-state index contributed by atoms with van der Waals surface area (Å²) in [6, 6.07) is 16.6. The Bertz CT molecular complexity index is 771. The summed E-state index contributed by atoms with van der Waals surface area (Å²) < 4.78 is 10.4. The van der Waals surface area contributed by atoms with Crippen molar-refractivity contribution in [1.82, 2.24) is 0 Å². The molecule has 0 saturated heterocycles. The molecule has 3 heteroatoms. The highest BCUT2D eigenvalue weighted by Crippen LogP contribution is 2.36. The van der Waals surface area contributed by atoms with E-state index in [0.29, 0.717) is 12.2 Å². The van der Waals surface area contributed by atoms with Gasteiger partial charge in [-0.15, -0.1) is 0 Å². The van der Waals surface area contributed by atoms with Crippen molar-refractivity contribution in [3.63, 3.8) is 0 Å². The number of hydrogen-bond acceptors (Lipinski definition) is 3. The van der Waals surface area contributed by atoms with Gasteiger partial charge in [-0.05, 0) is 66.8 Å². The third-order valence-electron chi connectivity index (χ3n) is 6.62. The zero-order valence-corrected chi connectivity index (χ0v) is 21.8. The molecule has 2 aromatic carbocycles. The molecular formula is C31H46O3. The molecule has 0 aliphatic heterocycles. The SMILES string of the molecule is CCCCCCC.COCCCCCCOC(=O)c1ccc(-c2ccc(C3CCC3)cc2)cc1. The molecule has 2 aromatic rings. The molecule has 0 unspecified atom stereocenters. The molecule has 0 atom stereocenters. The lowest BCUT2D eigenvalue weighted by molar-refractivity contribution is 0.0497. The molecule has 0 heterocycles. The number of esters is 1. The molecule has 0 radical (unpaired) electrons. The van der Waals surface area contributed by atoms with E-state index in [4.69, 9.17) is 9.47 Å². The number of ether oxygens (including phenoxy) is 2. The molecule has 0 aromatic heterocycles. The van der Waals surface area contributed by atoms with E-state index in [1.54, 1.807) is 7.11 Å². The largest absolute Gasteiger partial charge is 0.462 e. The first-order valence-electron chi connectivity index (χ1n) is 13.6. The van der Waals surface area contributed by atoms with Gasteiger partial charge in [0.25, 0.3) is 0 Å². The summed E-state index contributed by atoms with van der Waals surface area (Å²) in [5.74, 6) is 0.523. The number of carbonyl (C=O) groups is 1. The highest BCUT2D eigenvalue weighted by Gasteiger charge is 2.19. The van der Waals surface area contributed by atoms with Crippen LogP contribution < -0.4 is 0 Å². The zero-order valence-electron chi connectivity index (χ0n) is 21.8. The number of benzene rings is 2. The van der Waals surface area contributed by atoms with Gasteiger partial charge in [0, 0.05) is 13.7 Å². The molecular weight excluding hydrogens is 420 g/mol. The molecule has 3 rings (SSSR count). The number of carbonyl (C=O) groups excluding carboxylic acids is 1. The van der Waals surface area contributed by atoms with Crippen LogP contribution in [0.4, 0.5) is 0 Å². The van der Waals surface area contributed by atoms with Gasteiger partial charge in [-0.2, -0.15) is 0 Å². The Morgan fingerprint density at radius 3 is 1.76 bits per heavy atom. The van der Waals surface area contributed by atoms with Crippen molar-refractivity contribution in [3.8, 4) is 11.1 Å². The van der Waals surface area contributed by atoms with Gasteiger partial charge in [-0.25, -0.2) is 4.79 Å². The van der Waals surface area contributed by atoms with E-state index in [-0.39, 0.29) is 5.97 Å². The Kier molecular flexibility index (Phi) is 14.3. The van der Waals surface area contributed by atoms with E-state index in [9.17, 15) is 4.79 Å². The molecule has 0 N–H and O–H groups in total. The predicted octanol–water partition coefficient (Wildman–Crippen LogP) is 8.96. The summed E-state index contributed by atoms with van der Waals surface area (Å²) in [4.78, 5) is 12.1. The first-order valence-corrected chi connectivity index (χ1v) is 13.6. The fourth-order valence-corrected chi connectivity index (χ4v) is 4.12. The van der Waals surface area contributed by atoms with Gasteiger partial charge in [0.15, 0.2) is 0 Å². The Morgan fingerprint density at radius 1 is 0.735 bits per heavy atom. The molecule has 1 aliphatic rings. The lowest BCUT2D eigenvalue weighted by atomic mass is 9.80. The van der Waals surface area contributed by atoms with Gasteiger partial charge in [-0.1, -0.05) is 95.2 Å². The van der Waals surface area contributed by atoms with Crippen molar-refractivity contribution in [2.75, 3.05) is 20.3 Å². The van der Waals surface area contributed by atoms with Crippen LogP contribution in [-0.2, 0) is 9.47 Å². The molecule has 0 bridgehead atoms. The summed E-state index contributed by atoms with van der Waals surface area (Å²) in [6.07, 6.45) is 15.2. The van der Waals surface area contributed by atoms with Gasteiger partial charge >= 0.3 is 5.97 Å². The number of unbranched alkanes of at least 4 members (excludes halogenated alkanes) is 7. The first kappa shape index (κ1) is 28.1. The number of methoxy groups -OCH3 is 1. The van der Waals surface area contributed by atoms with E-state index >= 15 is 0 Å². The minimum absolute atomic E-state index is 0.237. The van der Waals surface area contributed by atoms with Crippen LogP contribution in [0.2, 0.25) is 0 Å². The Labute approximate surface area is 208 Å². The number of rotatable bonds is 14. The van der Waals surface area contributed by atoms with E-state index in [1.807, 2.05) is 24.3 Å². The van der Waals surface area contributed by atoms with Crippen LogP contribution in [-0.4, -0.2) is 26.3 Å². The van der Waals surface area contributed by atoms with Crippen LogP contribution in [0.1, 0.15) is 113 Å². The average Bonchev–Trinajstić information content (AvgIpc) is 2.84.